The predicted molar refractivity (Wildman–Crippen MR) is 72.4 cm³/mol. The quantitative estimate of drug-likeness (QED) is 0.682. The largest absolute Gasteiger partial charge is 0.469 e. The normalized spacial score (nSPS) is 23.1. The minimum absolute atomic E-state index is 0.00739. The molecule has 3 heteroatoms. The number of hydrogen-bond acceptors (Lipinski definition) is 3. The van der Waals surface area contributed by atoms with Crippen LogP contribution in [0.25, 0.3) is 0 Å². The maximum Gasteiger partial charge on any atom is 0.313 e. The van der Waals surface area contributed by atoms with Crippen molar-refractivity contribution >= 4 is 5.97 Å². The van der Waals surface area contributed by atoms with Crippen LogP contribution in [0.2, 0.25) is 0 Å². The zero-order chi connectivity index (χ0) is 13.0. The summed E-state index contributed by atoms with van der Waals surface area (Å²) >= 11 is 0. The second-order valence-electron chi connectivity index (χ2n) is 6.30. The first-order valence-corrected chi connectivity index (χ1v) is 7.43. The van der Waals surface area contributed by atoms with Crippen molar-refractivity contribution < 1.29 is 9.53 Å². The molecule has 2 aliphatic carbocycles. The topological polar surface area (TPSA) is 29.5 Å². The molecule has 0 heterocycles. The van der Waals surface area contributed by atoms with Crippen molar-refractivity contribution in [3.8, 4) is 0 Å². The van der Waals surface area contributed by atoms with Gasteiger partial charge < -0.3 is 9.64 Å². The molecule has 2 saturated carbocycles. The summed E-state index contributed by atoms with van der Waals surface area (Å²) in [4.78, 5) is 14.0. The first-order chi connectivity index (χ1) is 8.66. The van der Waals surface area contributed by atoms with Crippen molar-refractivity contribution in [3.63, 3.8) is 0 Å². The average Bonchev–Trinajstić information content (AvgIpc) is 3.17. The molecule has 0 atom stereocenters. The molecular formula is C15H27NO2. The molecular weight excluding hydrogens is 226 g/mol. The van der Waals surface area contributed by atoms with E-state index in [1.165, 1.54) is 45.6 Å². The minimum Gasteiger partial charge on any atom is -0.469 e. The summed E-state index contributed by atoms with van der Waals surface area (Å²) in [6.07, 6.45) is 10.4. The van der Waals surface area contributed by atoms with E-state index in [2.05, 4.69) is 11.9 Å². The summed E-state index contributed by atoms with van der Waals surface area (Å²) < 4.78 is 4.91. The van der Waals surface area contributed by atoms with Gasteiger partial charge >= 0.3 is 5.97 Å². The summed E-state index contributed by atoms with van der Waals surface area (Å²) in [5.41, 5.74) is -0.157. The fourth-order valence-corrected chi connectivity index (χ4v) is 3.27. The van der Waals surface area contributed by atoms with Crippen LogP contribution in [0, 0.1) is 11.3 Å². The summed E-state index contributed by atoms with van der Waals surface area (Å²) in [6, 6.07) is 0. The molecule has 0 aliphatic heterocycles. The Labute approximate surface area is 111 Å². The van der Waals surface area contributed by atoms with Gasteiger partial charge in [-0.25, -0.2) is 0 Å². The highest BCUT2D eigenvalue weighted by Gasteiger charge is 2.51. The van der Waals surface area contributed by atoms with Gasteiger partial charge in [0.05, 0.1) is 12.5 Å². The van der Waals surface area contributed by atoms with Crippen molar-refractivity contribution in [3.05, 3.63) is 0 Å². The van der Waals surface area contributed by atoms with Crippen LogP contribution in [0.3, 0.4) is 0 Å². The molecule has 0 amide bonds. The molecule has 0 unspecified atom stereocenters. The summed E-state index contributed by atoms with van der Waals surface area (Å²) in [5, 5.41) is 0. The highest BCUT2D eigenvalue weighted by molar-refractivity contribution is 5.80. The van der Waals surface area contributed by atoms with Gasteiger partial charge in [-0.3, -0.25) is 4.79 Å². The Balaban J connectivity index is 1.68. The number of ether oxygens (including phenoxy) is 1. The summed E-state index contributed by atoms with van der Waals surface area (Å²) in [6.45, 7) is 2.01. The Morgan fingerprint density at radius 3 is 2.50 bits per heavy atom. The number of carbonyl (C=O) groups excluding carboxylic acids is 1. The monoisotopic (exact) mass is 253 g/mol. The number of rotatable bonds is 6. The van der Waals surface area contributed by atoms with Crippen molar-refractivity contribution in [1.82, 2.24) is 4.90 Å². The van der Waals surface area contributed by atoms with Gasteiger partial charge in [0.15, 0.2) is 0 Å². The number of carbonyl (C=O) groups is 1. The molecule has 0 aromatic carbocycles. The Morgan fingerprint density at radius 2 is 1.94 bits per heavy atom. The zero-order valence-corrected chi connectivity index (χ0v) is 11.9. The minimum atomic E-state index is -0.157. The van der Waals surface area contributed by atoms with E-state index in [1.807, 2.05) is 0 Å². The van der Waals surface area contributed by atoms with Crippen LogP contribution in [0.4, 0.5) is 0 Å². The second-order valence-corrected chi connectivity index (χ2v) is 6.30. The van der Waals surface area contributed by atoms with Crippen LogP contribution in [0.5, 0.6) is 0 Å². The van der Waals surface area contributed by atoms with Gasteiger partial charge in [-0.2, -0.15) is 0 Å². The number of hydrogen-bond donors (Lipinski definition) is 0. The molecule has 2 aliphatic rings. The molecule has 2 rings (SSSR count). The Bertz CT molecular complexity index is 280. The molecule has 0 aromatic rings. The second kappa shape index (κ2) is 6.05. The molecule has 104 valence electrons. The molecule has 0 radical (unpaired) electrons. The Hall–Kier alpha value is -0.570. The first kappa shape index (κ1) is 13.9. The van der Waals surface area contributed by atoms with Gasteiger partial charge in [-0.05, 0) is 38.8 Å². The number of methoxy groups -OCH3 is 1. The van der Waals surface area contributed by atoms with Crippen LogP contribution in [0.1, 0.15) is 51.4 Å². The van der Waals surface area contributed by atoms with Crippen LogP contribution in [-0.2, 0) is 9.53 Å². The number of nitrogens with zero attached hydrogens (tertiary/aromatic N) is 1. The Kier molecular flexibility index (Phi) is 4.66. The molecule has 18 heavy (non-hydrogen) atoms. The van der Waals surface area contributed by atoms with E-state index in [0.29, 0.717) is 0 Å². The average molecular weight is 253 g/mol. The molecule has 2 fully saturated rings. The van der Waals surface area contributed by atoms with Crippen LogP contribution >= 0.6 is 0 Å². The molecule has 0 aromatic heterocycles. The van der Waals surface area contributed by atoms with Crippen molar-refractivity contribution in [2.75, 3.05) is 27.2 Å². The van der Waals surface area contributed by atoms with Crippen LogP contribution < -0.4 is 0 Å². The lowest BCUT2D eigenvalue weighted by Crippen LogP contribution is -2.34. The van der Waals surface area contributed by atoms with Gasteiger partial charge in [0.25, 0.3) is 0 Å². The van der Waals surface area contributed by atoms with E-state index in [9.17, 15) is 4.79 Å². The molecule has 0 spiro atoms. The molecule has 0 bridgehead atoms. The van der Waals surface area contributed by atoms with Crippen molar-refractivity contribution in [2.45, 2.75) is 51.4 Å². The third kappa shape index (κ3) is 3.47. The smallest absolute Gasteiger partial charge is 0.313 e. The van der Waals surface area contributed by atoms with Crippen molar-refractivity contribution in [1.29, 1.82) is 0 Å². The van der Waals surface area contributed by atoms with Gasteiger partial charge in [0.2, 0.25) is 0 Å². The lowest BCUT2D eigenvalue weighted by atomic mass is 9.87. The Morgan fingerprint density at radius 1 is 1.28 bits per heavy atom. The van der Waals surface area contributed by atoms with E-state index < -0.39 is 0 Å². The lowest BCUT2D eigenvalue weighted by molar-refractivity contribution is -0.147. The molecule has 0 N–H and O–H groups in total. The fourth-order valence-electron chi connectivity index (χ4n) is 3.27. The first-order valence-electron chi connectivity index (χ1n) is 7.43. The van der Waals surface area contributed by atoms with Gasteiger partial charge in [0, 0.05) is 6.54 Å². The summed E-state index contributed by atoms with van der Waals surface area (Å²) in [5.74, 6) is 0.918. The zero-order valence-electron chi connectivity index (χ0n) is 11.9. The van der Waals surface area contributed by atoms with Gasteiger partial charge in [-0.15, -0.1) is 0 Å². The molecule has 3 nitrogen and oxygen atoms in total. The van der Waals surface area contributed by atoms with E-state index in [-0.39, 0.29) is 11.4 Å². The SMILES string of the molecule is COC(=O)C1(CN(C)CCC2CCCCC2)CC1. The van der Waals surface area contributed by atoms with Gasteiger partial charge in [0.1, 0.15) is 0 Å². The third-order valence-corrected chi connectivity index (χ3v) is 4.69. The third-order valence-electron chi connectivity index (χ3n) is 4.69. The maximum atomic E-state index is 11.7. The van der Waals surface area contributed by atoms with E-state index in [0.717, 1.165) is 31.8 Å². The van der Waals surface area contributed by atoms with E-state index in [1.54, 1.807) is 0 Å². The lowest BCUT2D eigenvalue weighted by Gasteiger charge is -2.26. The van der Waals surface area contributed by atoms with Gasteiger partial charge in [-0.1, -0.05) is 32.1 Å². The highest BCUT2D eigenvalue weighted by atomic mass is 16.5. The van der Waals surface area contributed by atoms with Crippen molar-refractivity contribution in [2.24, 2.45) is 11.3 Å². The standard InChI is InChI=1S/C15H27NO2/c1-16(11-8-13-6-4-3-5-7-13)12-15(9-10-15)14(17)18-2/h13H,3-12H2,1-2H3. The van der Waals surface area contributed by atoms with Crippen LogP contribution in [0.15, 0.2) is 0 Å². The van der Waals surface area contributed by atoms with E-state index in [4.69, 9.17) is 4.74 Å². The summed E-state index contributed by atoms with van der Waals surface area (Å²) in [7, 11) is 3.65. The van der Waals surface area contributed by atoms with Crippen LogP contribution in [-0.4, -0.2) is 38.1 Å². The molecule has 0 saturated heterocycles. The number of esters is 1. The highest BCUT2D eigenvalue weighted by Crippen LogP contribution is 2.47. The van der Waals surface area contributed by atoms with E-state index >= 15 is 0 Å². The maximum absolute atomic E-state index is 11.7. The fraction of sp³-hybridized carbons (Fsp3) is 0.933. The predicted octanol–water partition coefficient (Wildman–Crippen LogP) is 2.84.